The minimum absolute atomic E-state index is 0.0121. The summed E-state index contributed by atoms with van der Waals surface area (Å²) in [5.41, 5.74) is 0. The zero-order valence-corrected chi connectivity index (χ0v) is 11.9. The SMILES string of the molecule is O=S1(=O)CCC(S(=O)(=O)NCCCNC2CC2)C1. The van der Waals surface area contributed by atoms with Gasteiger partial charge in [-0.15, -0.1) is 0 Å². The van der Waals surface area contributed by atoms with Crippen LogP contribution in [0.1, 0.15) is 25.7 Å². The van der Waals surface area contributed by atoms with E-state index in [1.165, 1.54) is 12.8 Å². The van der Waals surface area contributed by atoms with Crippen LogP contribution < -0.4 is 10.0 Å². The Morgan fingerprint density at radius 3 is 2.39 bits per heavy atom. The Hall–Kier alpha value is -0.180. The third-order valence-corrected chi connectivity index (χ3v) is 7.16. The molecule has 2 aliphatic rings. The third-order valence-electron chi connectivity index (χ3n) is 3.30. The number of sulfonamides is 1. The van der Waals surface area contributed by atoms with E-state index in [2.05, 4.69) is 10.0 Å². The van der Waals surface area contributed by atoms with Gasteiger partial charge >= 0.3 is 0 Å². The second kappa shape index (κ2) is 5.44. The largest absolute Gasteiger partial charge is 0.314 e. The first-order valence-electron chi connectivity index (χ1n) is 6.31. The highest BCUT2D eigenvalue weighted by molar-refractivity contribution is 7.95. The van der Waals surface area contributed by atoms with Gasteiger partial charge in [0.15, 0.2) is 9.84 Å². The van der Waals surface area contributed by atoms with Crippen molar-refractivity contribution in [1.29, 1.82) is 0 Å². The lowest BCUT2D eigenvalue weighted by atomic mass is 10.4. The fourth-order valence-corrected chi connectivity index (χ4v) is 6.14. The molecule has 1 unspecified atom stereocenters. The van der Waals surface area contributed by atoms with Crippen molar-refractivity contribution in [2.75, 3.05) is 24.6 Å². The van der Waals surface area contributed by atoms with Crippen LogP contribution in [0.3, 0.4) is 0 Å². The number of sulfone groups is 1. The fraction of sp³-hybridized carbons (Fsp3) is 1.00. The van der Waals surface area contributed by atoms with E-state index in [-0.39, 0.29) is 17.9 Å². The molecular formula is C10H20N2O4S2. The highest BCUT2D eigenvalue weighted by Gasteiger charge is 2.36. The second-order valence-corrected chi connectivity index (χ2v) is 9.32. The van der Waals surface area contributed by atoms with Gasteiger partial charge < -0.3 is 5.32 Å². The molecule has 0 bridgehead atoms. The number of hydrogen-bond acceptors (Lipinski definition) is 5. The standard InChI is InChI=1S/C10H20N2O4S2/c13-17(14)7-4-10(8-17)18(15,16)12-6-1-5-11-9-2-3-9/h9-12H,1-8H2. The molecule has 1 aliphatic carbocycles. The predicted molar refractivity (Wildman–Crippen MR) is 69.6 cm³/mol. The minimum atomic E-state index is -3.47. The van der Waals surface area contributed by atoms with Gasteiger partial charge in [-0.05, 0) is 32.2 Å². The Balaban J connectivity index is 1.70. The monoisotopic (exact) mass is 296 g/mol. The molecule has 2 N–H and O–H groups in total. The van der Waals surface area contributed by atoms with Gasteiger partial charge in [0, 0.05) is 12.6 Å². The second-order valence-electron chi connectivity index (χ2n) is 5.05. The molecule has 18 heavy (non-hydrogen) atoms. The topological polar surface area (TPSA) is 92.3 Å². The van der Waals surface area contributed by atoms with Gasteiger partial charge in [0.25, 0.3) is 0 Å². The number of nitrogens with one attached hydrogen (secondary N) is 2. The van der Waals surface area contributed by atoms with Crippen LogP contribution in [0.25, 0.3) is 0 Å². The van der Waals surface area contributed by atoms with Crippen LogP contribution in [0.4, 0.5) is 0 Å². The normalized spacial score (nSPS) is 27.4. The average Bonchev–Trinajstić information content (AvgIpc) is 3.01. The van der Waals surface area contributed by atoms with E-state index in [4.69, 9.17) is 0 Å². The van der Waals surface area contributed by atoms with Crippen molar-refractivity contribution in [3.8, 4) is 0 Å². The van der Waals surface area contributed by atoms with Crippen molar-refractivity contribution in [1.82, 2.24) is 10.0 Å². The van der Waals surface area contributed by atoms with E-state index < -0.39 is 25.1 Å². The Kier molecular flexibility index (Phi) is 4.30. The first-order valence-corrected chi connectivity index (χ1v) is 9.68. The third kappa shape index (κ3) is 4.18. The van der Waals surface area contributed by atoms with Gasteiger partial charge in [-0.1, -0.05) is 0 Å². The van der Waals surface area contributed by atoms with Crippen LogP contribution in [-0.4, -0.2) is 52.7 Å². The predicted octanol–water partition coefficient (Wildman–Crippen LogP) is -0.765. The zero-order valence-electron chi connectivity index (χ0n) is 10.3. The lowest BCUT2D eigenvalue weighted by Gasteiger charge is -2.11. The van der Waals surface area contributed by atoms with Gasteiger partial charge in [-0.3, -0.25) is 0 Å². The molecule has 0 radical (unpaired) electrons. The summed E-state index contributed by atoms with van der Waals surface area (Å²) >= 11 is 0. The quantitative estimate of drug-likeness (QED) is 0.602. The van der Waals surface area contributed by atoms with Gasteiger partial charge in [0.05, 0.1) is 16.8 Å². The van der Waals surface area contributed by atoms with Gasteiger partial charge in [0.1, 0.15) is 0 Å². The Labute approximate surface area is 108 Å². The van der Waals surface area contributed by atoms with E-state index in [1.54, 1.807) is 0 Å². The molecule has 1 saturated heterocycles. The molecule has 1 aliphatic heterocycles. The molecular weight excluding hydrogens is 276 g/mol. The Morgan fingerprint density at radius 1 is 1.11 bits per heavy atom. The van der Waals surface area contributed by atoms with Gasteiger partial charge in [-0.2, -0.15) is 0 Å². The van der Waals surface area contributed by atoms with Crippen LogP contribution in [-0.2, 0) is 19.9 Å². The molecule has 106 valence electrons. The van der Waals surface area contributed by atoms with E-state index in [9.17, 15) is 16.8 Å². The first-order chi connectivity index (χ1) is 8.39. The highest BCUT2D eigenvalue weighted by atomic mass is 32.2. The number of rotatable bonds is 7. The van der Waals surface area contributed by atoms with E-state index in [0.717, 1.165) is 13.0 Å². The first kappa shape index (κ1) is 14.2. The summed E-state index contributed by atoms with van der Waals surface area (Å²) < 4.78 is 48.7. The van der Waals surface area contributed by atoms with Crippen LogP contribution in [0.15, 0.2) is 0 Å². The summed E-state index contributed by atoms with van der Waals surface area (Å²) in [5.74, 6) is -0.246. The van der Waals surface area contributed by atoms with Crippen LogP contribution in [0.5, 0.6) is 0 Å². The molecule has 0 amide bonds. The summed E-state index contributed by atoms with van der Waals surface area (Å²) in [6, 6.07) is 0.626. The summed E-state index contributed by atoms with van der Waals surface area (Å²) in [4.78, 5) is 0. The lowest BCUT2D eigenvalue weighted by molar-refractivity contribution is 0.561. The Morgan fingerprint density at radius 2 is 1.83 bits per heavy atom. The lowest BCUT2D eigenvalue weighted by Crippen LogP contribution is -2.36. The van der Waals surface area contributed by atoms with Crippen molar-refractivity contribution >= 4 is 19.9 Å². The molecule has 1 saturated carbocycles. The summed E-state index contributed by atoms with van der Waals surface area (Å²) in [6.07, 6.45) is 3.38. The van der Waals surface area contributed by atoms with E-state index in [1.807, 2.05) is 0 Å². The molecule has 0 aromatic rings. The molecule has 8 heteroatoms. The summed E-state index contributed by atoms with van der Waals surface area (Å²) in [6.45, 7) is 1.18. The van der Waals surface area contributed by atoms with Crippen molar-refractivity contribution < 1.29 is 16.8 Å². The van der Waals surface area contributed by atoms with Gasteiger partial charge in [0.2, 0.25) is 10.0 Å². The van der Waals surface area contributed by atoms with E-state index >= 15 is 0 Å². The van der Waals surface area contributed by atoms with Gasteiger partial charge in [-0.25, -0.2) is 21.6 Å². The molecule has 1 heterocycles. The fourth-order valence-electron chi connectivity index (χ4n) is 2.02. The maximum atomic E-state index is 11.8. The van der Waals surface area contributed by atoms with Crippen LogP contribution in [0, 0.1) is 0 Å². The molecule has 0 spiro atoms. The highest BCUT2D eigenvalue weighted by Crippen LogP contribution is 2.19. The average molecular weight is 296 g/mol. The molecule has 2 rings (SSSR count). The molecule has 0 aromatic heterocycles. The van der Waals surface area contributed by atoms with Crippen LogP contribution in [0.2, 0.25) is 0 Å². The Bertz CT molecular complexity index is 482. The summed E-state index contributed by atoms with van der Waals surface area (Å²) in [7, 11) is -6.62. The zero-order chi connectivity index (χ0) is 13.2. The van der Waals surface area contributed by atoms with Crippen molar-refractivity contribution in [3.63, 3.8) is 0 Å². The van der Waals surface area contributed by atoms with Crippen molar-refractivity contribution in [2.24, 2.45) is 0 Å². The maximum absolute atomic E-state index is 11.8. The summed E-state index contributed by atoms with van der Waals surface area (Å²) in [5, 5.41) is 2.53. The molecule has 2 fully saturated rings. The maximum Gasteiger partial charge on any atom is 0.215 e. The van der Waals surface area contributed by atoms with Crippen LogP contribution >= 0.6 is 0 Å². The number of hydrogen-bond donors (Lipinski definition) is 2. The minimum Gasteiger partial charge on any atom is -0.314 e. The smallest absolute Gasteiger partial charge is 0.215 e. The van der Waals surface area contributed by atoms with Crippen molar-refractivity contribution in [3.05, 3.63) is 0 Å². The molecule has 6 nitrogen and oxygen atoms in total. The molecule has 0 aromatic carbocycles. The molecule has 1 atom stereocenters. The van der Waals surface area contributed by atoms with E-state index in [0.29, 0.717) is 12.6 Å². The van der Waals surface area contributed by atoms with Crippen molar-refractivity contribution in [2.45, 2.75) is 37.0 Å².